The van der Waals surface area contributed by atoms with Crippen molar-refractivity contribution < 1.29 is 12.8 Å². The molecule has 2 aromatic rings. The summed E-state index contributed by atoms with van der Waals surface area (Å²) in [7, 11) is -2.02. The van der Waals surface area contributed by atoms with Crippen molar-refractivity contribution in [2.24, 2.45) is 7.05 Å². The average molecular weight is 317 g/mol. The Morgan fingerprint density at radius 1 is 1.40 bits per heavy atom. The third-order valence-corrected chi connectivity index (χ3v) is 5.05. The van der Waals surface area contributed by atoms with Crippen LogP contribution in [0.4, 0.5) is 4.39 Å². The van der Waals surface area contributed by atoms with E-state index >= 15 is 0 Å². The molecule has 108 valence electrons. The molecule has 0 fully saturated rings. The number of benzene rings is 1. The number of aryl methyl sites for hydroxylation is 2. The van der Waals surface area contributed by atoms with Crippen LogP contribution >= 0.6 is 11.6 Å². The van der Waals surface area contributed by atoms with E-state index in [4.69, 9.17) is 11.6 Å². The Labute approximate surface area is 122 Å². The van der Waals surface area contributed by atoms with Gasteiger partial charge < -0.3 is 0 Å². The number of nitrogens with zero attached hydrogens (tertiary/aromatic N) is 2. The lowest BCUT2D eigenvalue weighted by molar-refractivity contribution is 0.587. The first-order chi connectivity index (χ1) is 9.35. The molecule has 0 spiro atoms. The van der Waals surface area contributed by atoms with Gasteiger partial charge in [-0.2, -0.15) is 5.10 Å². The fourth-order valence-corrected chi connectivity index (χ4v) is 3.78. The molecule has 7 heteroatoms. The van der Waals surface area contributed by atoms with Crippen LogP contribution in [0.1, 0.15) is 18.3 Å². The van der Waals surface area contributed by atoms with Gasteiger partial charge in [0, 0.05) is 7.05 Å². The standard InChI is InChI=1S/C13H14ClFN2O2S/c1-3-11-13(14)12(17(2)16-11)8-20(18,19)10-6-4-5-9(15)7-10/h4-7H,3,8H2,1-2H3. The predicted octanol–water partition coefficient (Wildman–Crippen LogP) is 2.75. The fraction of sp³-hybridized carbons (Fsp3) is 0.308. The highest BCUT2D eigenvalue weighted by atomic mass is 35.5. The summed E-state index contributed by atoms with van der Waals surface area (Å²) in [5, 5.41) is 4.53. The van der Waals surface area contributed by atoms with Crippen molar-refractivity contribution >= 4 is 21.4 Å². The van der Waals surface area contributed by atoms with Crippen LogP contribution in [0.15, 0.2) is 29.2 Å². The first kappa shape index (κ1) is 15.0. The summed E-state index contributed by atoms with van der Waals surface area (Å²) in [6, 6.07) is 4.93. The van der Waals surface area contributed by atoms with E-state index in [0.29, 0.717) is 22.8 Å². The Morgan fingerprint density at radius 2 is 2.10 bits per heavy atom. The van der Waals surface area contributed by atoms with Crippen molar-refractivity contribution in [2.75, 3.05) is 0 Å². The van der Waals surface area contributed by atoms with Gasteiger partial charge in [0.2, 0.25) is 0 Å². The maximum Gasteiger partial charge on any atom is 0.184 e. The van der Waals surface area contributed by atoms with E-state index in [0.717, 1.165) is 6.07 Å². The van der Waals surface area contributed by atoms with Gasteiger partial charge in [-0.1, -0.05) is 24.6 Å². The number of rotatable bonds is 4. The minimum Gasteiger partial charge on any atom is -0.270 e. The lowest BCUT2D eigenvalue weighted by Gasteiger charge is -2.05. The van der Waals surface area contributed by atoms with Crippen molar-refractivity contribution in [3.63, 3.8) is 0 Å². The third kappa shape index (κ3) is 2.86. The molecule has 0 saturated carbocycles. The molecule has 0 saturated heterocycles. The summed E-state index contributed by atoms with van der Waals surface area (Å²) < 4.78 is 39.2. The minimum atomic E-state index is -3.66. The van der Waals surface area contributed by atoms with Gasteiger partial charge in [0.05, 0.1) is 27.1 Å². The smallest absolute Gasteiger partial charge is 0.184 e. The van der Waals surface area contributed by atoms with E-state index in [1.165, 1.54) is 22.9 Å². The van der Waals surface area contributed by atoms with Crippen molar-refractivity contribution in [1.29, 1.82) is 0 Å². The van der Waals surface area contributed by atoms with E-state index in [1.807, 2.05) is 6.92 Å². The maximum absolute atomic E-state index is 13.1. The first-order valence-electron chi connectivity index (χ1n) is 6.03. The molecule has 1 aromatic heterocycles. The largest absolute Gasteiger partial charge is 0.270 e. The van der Waals surface area contributed by atoms with Gasteiger partial charge in [0.1, 0.15) is 5.82 Å². The Balaban J connectivity index is 2.41. The van der Waals surface area contributed by atoms with Gasteiger partial charge in [-0.3, -0.25) is 4.68 Å². The normalized spacial score (nSPS) is 11.8. The van der Waals surface area contributed by atoms with Gasteiger partial charge in [-0.25, -0.2) is 12.8 Å². The molecular formula is C13H14ClFN2O2S. The van der Waals surface area contributed by atoms with Crippen LogP contribution in [0.25, 0.3) is 0 Å². The SMILES string of the molecule is CCc1nn(C)c(CS(=O)(=O)c2cccc(F)c2)c1Cl. The van der Waals surface area contributed by atoms with E-state index in [-0.39, 0.29) is 10.6 Å². The average Bonchev–Trinajstić information content (AvgIpc) is 2.66. The monoisotopic (exact) mass is 316 g/mol. The number of sulfone groups is 1. The summed E-state index contributed by atoms with van der Waals surface area (Å²) in [6.45, 7) is 1.89. The van der Waals surface area contributed by atoms with Crippen molar-refractivity contribution in [1.82, 2.24) is 9.78 Å². The highest BCUT2D eigenvalue weighted by Gasteiger charge is 2.22. The highest BCUT2D eigenvalue weighted by Crippen LogP contribution is 2.25. The van der Waals surface area contributed by atoms with Crippen LogP contribution in [0, 0.1) is 5.82 Å². The van der Waals surface area contributed by atoms with Gasteiger partial charge >= 0.3 is 0 Å². The summed E-state index contributed by atoms with van der Waals surface area (Å²) in [6.07, 6.45) is 0.618. The lowest BCUT2D eigenvalue weighted by atomic mass is 10.3. The maximum atomic E-state index is 13.1. The van der Waals surface area contributed by atoms with E-state index in [2.05, 4.69) is 5.10 Å². The Kier molecular flexibility index (Phi) is 4.15. The summed E-state index contributed by atoms with van der Waals surface area (Å²) in [5.41, 5.74) is 1.06. The second-order valence-electron chi connectivity index (χ2n) is 4.40. The second kappa shape index (κ2) is 5.54. The lowest BCUT2D eigenvalue weighted by Crippen LogP contribution is -2.09. The molecule has 0 atom stereocenters. The number of aromatic nitrogens is 2. The van der Waals surface area contributed by atoms with Crippen LogP contribution in [0.2, 0.25) is 5.02 Å². The molecule has 0 N–H and O–H groups in total. The molecule has 0 aliphatic carbocycles. The van der Waals surface area contributed by atoms with Crippen molar-refractivity contribution in [3.05, 3.63) is 46.5 Å². The van der Waals surface area contributed by atoms with Crippen LogP contribution in [-0.2, 0) is 29.1 Å². The summed E-state index contributed by atoms with van der Waals surface area (Å²) in [5.74, 6) is -0.893. The first-order valence-corrected chi connectivity index (χ1v) is 8.06. The van der Waals surface area contributed by atoms with Crippen molar-refractivity contribution in [2.45, 2.75) is 24.0 Å². The molecular weight excluding hydrogens is 303 g/mol. The van der Waals surface area contributed by atoms with Crippen LogP contribution in [0.5, 0.6) is 0 Å². The van der Waals surface area contributed by atoms with Crippen LogP contribution in [0.3, 0.4) is 0 Å². The van der Waals surface area contributed by atoms with Gasteiger partial charge in [-0.05, 0) is 24.6 Å². The van der Waals surface area contributed by atoms with Gasteiger partial charge in [0.25, 0.3) is 0 Å². The molecule has 0 aliphatic rings. The summed E-state index contributed by atoms with van der Waals surface area (Å²) in [4.78, 5) is -0.0622. The zero-order valence-corrected chi connectivity index (χ0v) is 12.7. The zero-order valence-electron chi connectivity index (χ0n) is 11.1. The molecule has 0 bridgehead atoms. The van der Waals surface area contributed by atoms with Crippen LogP contribution in [-0.4, -0.2) is 18.2 Å². The minimum absolute atomic E-state index is 0.0622. The molecule has 0 amide bonds. The predicted molar refractivity (Wildman–Crippen MR) is 74.9 cm³/mol. The Hall–Kier alpha value is -1.40. The topological polar surface area (TPSA) is 52.0 Å². The fourth-order valence-electron chi connectivity index (χ4n) is 1.90. The highest BCUT2D eigenvalue weighted by molar-refractivity contribution is 7.90. The molecule has 0 unspecified atom stereocenters. The zero-order chi connectivity index (χ0) is 14.9. The number of halogens is 2. The molecule has 2 rings (SSSR count). The molecule has 0 radical (unpaired) electrons. The number of hydrogen-bond donors (Lipinski definition) is 0. The van der Waals surface area contributed by atoms with Crippen molar-refractivity contribution in [3.8, 4) is 0 Å². The molecule has 20 heavy (non-hydrogen) atoms. The van der Waals surface area contributed by atoms with E-state index in [1.54, 1.807) is 7.05 Å². The number of hydrogen-bond acceptors (Lipinski definition) is 3. The van der Waals surface area contributed by atoms with Crippen LogP contribution < -0.4 is 0 Å². The Bertz CT molecular complexity index is 741. The Morgan fingerprint density at radius 3 is 2.65 bits per heavy atom. The van der Waals surface area contributed by atoms with E-state index < -0.39 is 15.7 Å². The molecule has 4 nitrogen and oxygen atoms in total. The van der Waals surface area contributed by atoms with Gasteiger partial charge in [0.15, 0.2) is 9.84 Å². The molecule has 0 aliphatic heterocycles. The van der Waals surface area contributed by atoms with Gasteiger partial charge in [-0.15, -0.1) is 0 Å². The summed E-state index contributed by atoms with van der Waals surface area (Å²) >= 11 is 6.13. The molecule has 1 heterocycles. The third-order valence-electron chi connectivity index (χ3n) is 2.98. The quantitative estimate of drug-likeness (QED) is 0.871. The molecule has 1 aromatic carbocycles. The van der Waals surface area contributed by atoms with E-state index in [9.17, 15) is 12.8 Å². The second-order valence-corrected chi connectivity index (χ2v) is 6.77.